The van der Waals surface area contributed by atoms with Gasteiger partial charge in [0.1, 0.15) is 0 Å². The highest BCUT2D eigenvalue weighted by Gasteiger charge is 2.55. The summed E-state index contributed by atoms with van der Waals surface area (Å²) in [5.74, 6) is -1.72. The fourth-order valence-corrected chi connectivity index (χ4v) is 3.59. The molecular weight excluding hydrogens is 433 g/mol. The molecule has 2 N–H and O–H groups in total. The highest BCUT2D eigenvalue weighted by molar-refractivity contribution is 7.92. The van der Waals surface area contributed by atoms with E-state index in [0.29, 0.717) is 6.92 Å². The van der Waals surface area contributed by atoms with Gasteiger partial charge in [0, 0.05) is 7.05 Å². The largest absolute Gasteiger partial charge is 0.426 e. The Hall–Kier alpha value is -2.30. The molecule has 0 saturated carbocycles. The topological polar surface area (TPSA) is 86.7 Å². The molecule has 0 aromatic heterocycles. The molecule has 0 saturated heterocycles. The van der Waals surface area contributed by atoms with Gasteiger partial charge in [-0.05, 0) is 44.2 Å². The van der Waals surface area contributed by atoms with Crippen molar-refractivity contribution in [3.8, 4) is 0 Å². The molecule has 0 unspecified atom stereocenters. The van der Waals surface area contributed by atoms with Gasteiger partial charge in [0.2, 0.25) is 5.60 Å². The van der Waals surface area contributed by atoms with Crippen molar-refractivity contribution < 1.29 is 31.5 Å². The van der Waals surface area contributed by atoms with Crippen LogP contribution >= 0.6 is 11.6 Å². The number of hydrogen-bond donors (Lipinski definition) is 2. The smallest absolute Gasteiger partial charge is 0.373 e. The Bertz CT molecular complexity index is 1020. The third-order valence-electron chi connectivity index (χ3n) is 4.24. The van der Waals surface area contributed by atoms with Crippen molar-refractivity contribution in [3.05, 3.63) is 53.1 Å². The van der Waals surface area contributed by atoms with Gasteiger partial charge in [0.15, 0.2) is 0 Å². The summed E-state index contributed by atoms with van der Waals surface area (Å²) in [7, 11) is -2.62. The van der Waals surface area contributed by atoms with Crippen molar-refractivity contribution in [2.24, 2.45) is 0 Å². The Morgan fingerprint density at radius 1 is 1.14 bits per heavy atom. The molecule has 2 rings (SSSR count). The Labute approximate surface area is 171 Å². The average Bonchev–Trinajstić information content (AvgIpc) is 2.62. The molecule has 0 bridgehead atoms. The Morgan fingerprint density at radius 2 is 1.69 bits per heavy atom. The van der Waals surface area contributed by atoms with Crippen molar-refractivity contribution in [2.45, 2.75) is 30.5 Å². The van der Waals surface area contributed by atoms with Crippen molar-refractivity contribution in [1.29, 1.82) is 0 Å². The Balaban J connectivity index is 2.29. The summed E-state index contributed by atoms with van der Waals surface area (Å²) in [4.78, 5) is 11.8. The van der Waals surface area contributed by atoms with Crippen LogP contribution in [0.25, 0.3) is 0 Å². The van der Waals surface area contributed by atoms with Gasteiger partial charge in [-0.25, -0.2) is 8.42 Å². The van der Waals surface area contributed by atoms with Crippen LogP contribution in [-0.2, 0) is 14.8 Å². The maximum Gasteiger partial charge on any atom is 0.426 e. The van der Waals surface area contributed by atoms with E-state index >= 15 is 0 Å². The van der Waals surface area contributed by atoms with Crippen LogP contribution in [0.15, 0.2) is 47.4 Å². The third kappa shape index (κ3) is 4.65. The SMILES string of the molecule is Cc1ccc(S(=O)(=O)N(C)c2ccc(NC(=O)[C@@](C)(O)C(F)(F)F)c(Cl)c2)cc1. The molecule has 0 radical (unpaired) electrons. The molecule has 2 aromatic rings. The number of nitrogens with one attached hydrogen (secondary N) is 1. The number of carbonyl (C=O) groups is 1. The van der Waals surface area contributed by atoms with E-state index in [4.69, 9.17) is 11.6 Å². The molecule has 29 heavy (non-hydrogen) atoms. The fourth-order valence-electron chi connectivity index (χ4n) is 2.18. The number of sulfonamides is 1. The number of amides is 1. The lowest BCUT2D eigenvalue weighted by atomic mass is 10.1. The van der Waals surface area contributed by atoms with Crippen molar-refractivity contribution >= 4 is 38.9 Å². The molecule has 0 fully saturated rings. The van der Waals surface area contributed by atoms with E-state index in [2.05, 4.69) is 0 Å². The molecule has 0 spiro atoms. The fraction of sp³-hybridized carbons (Fsp3) is 0.278. The number of hydrogen-bond acceptors (Lipinski definition) is 4. The molecule has 6 nitrogen and oxygen atoms in total. The first-order chi connectivity index (χ1) is 13.2. The second-order valence-corrected chi connectivity index (χ2v) is 8.85. The molecular formula is C18H18ClF3N2O4S. The predicted molar refractivity (Wildman–Crippen MR) is 104 cm³/mol. The molecule has 0 aliphatic rings. The Kier molecular flexibility index (Phi) is 6.22. The van der Waals surface area contributed by atoms with Gasteiger partial charge in [-0.15, -0.1) is 0 Å². The molecule has 2 aromatic carbocycles. The summed E-state index contributed by atoms with van der Waals surface area (Å²) in [5.41, 5.74) is -2.84. The van der Waals surface area contributed by atoms with Crippen LogP contribution in [0.2, 0.25) is 5.02 Å². The van der Waals surface area contributed by atoms with Gasteiger partial charge < -0.3 is 10.4 Å². The molecule has 11 heteroatoms. The van der Waals surface area contributed by atoms with Crippen LogP contribution in [0.4, 0.5) is 24.5 Å². The third-order valence-corrected chi connectivity index (χ3v) is 6.35. The van der Waals surface area contributed by atoms with Gasteiger partial charge in [0.05, 0.1) is 21.3 Å². The lowest BCUT2D eigenvalue weighted by Crippen LogP contribution is -2.52. The molecule has 0 aliphatic heterocycles. The van der Waals surface area contributed by atoms with Crippen LogP contribution in [0.1, 0.15) is 12.5 Å². The summed E-state index contributed by atoms with van der Waals surface area (Å²) in [5, 5.41) is 11.1. The number of aryl methyl sites for hydroxylation is 1. The molecule has 158 valence electrons. The number of alkyl halides is 3. The van der Waals surface area contributed by atoms with Crippen LogP contribution in [-0.4, -0.2) is 38.3 Å². The summed E-state index contributed by atoms with van der Waals surface area (Å²) < 4.78 is 64.6. The molecule has 0 heterocycles. The van der Waals surface area contributed by atoms with Gasteiger partial charge >= 0.3 is 6.18 Å². The van der Waals surface area contributed by atoms with Gasteiger partial charge in [-0.1, -0.05) is 29.3 Å². The van der Waals surface area contributed by atoms with E-state index in [1.807, 2.05) is 12.2 Å². The summed E-state index contributed by atoms with van der Waals surface area (Å²) >= 11 is 6.00. The Morgan fingerprint density at radius 3 is 2.17 bits per heavy atom. The quantitative estimate of drug-likeness (QED) is 0.726. The summed E-state index contributed by atoms with van der Waals surface area (Å²) in [6.07, 6.45) is -5.19. The zero-order chi connectivity index (χ0) is 22.2. The number of aliphatic hydroxyl groups is 1. The lowest BCUT2D eigenvalue weighted by molar-refractivity contribution is -0.242. The zero-order valence-corrected chi connectivity index (χ0v) is 17.2. The summed E-state index contributed by atoms with van der Waals surface area (Å²) in [6, 6.07) is 9.73. The van der Waals surface area contributed by atoms with E-state index in [0.717, 1.165) is 15.9 Å². The van der Waals surface area contributed by atoms with Crippen molar-refractivity contribution in [2.75, 3.05) is 16.7 Å². The van der Waals surface area contributed by atoms with Crippen molar-refractivity contribution in [3.63, 3.8) is 0 Å². The normalized spacial score (nSPS) is 14.2. The average molecular weight is 451 g/mol. The first-order valence-electron chi connectivity index (χ1n) is 8.13. The number of carbonyl (C=O) groups excluding carboxylic acids is 1. The highest BCUT2D eigenvalue weighted by Crippen LogP contribution is 2.34. The monoisotopic (exact) mass is 450 g/mol. The van der Waals surface area contributed by atoms with Crippen LogP contribution in [0.5, 0.6) is 0 Å². The molecule has 1 atom stereocenters. The van der Waals surface area contributed by atoms with Gasteiger partial charge in [0.25, 0.3) is 15.9 Å². The molecule has 1 amide bonds. The highest BCUT2D eigenvalue weighted by atomic mass is 35.5. The van der Waals surface area contributed by atoms with Crippen molar-refractivity contribution in [1.82, 2.24) is 0 Å². The number of rotatable bonds is 5. The number of halogens is 4. The maximum atomic E-state index is 12.8. The minimum atomic E-state index is -5.19. The number of benzene rings is 2. The van der Waals surface area contributed by atoms with Crippen LogP contribution in [0.3, 0.4) is 0 Å². The van der Waals surface area contributed by atoms with Crippen LogP contribution < -0.4 is 9.62 Å². The van der Waals surface area contributed by atoms with E-state index in [1.165, 1.54) is 31.3 Å². The van der Waals surface area contributed by atoms with E-state index in [-0.39, 0.29) is 21.3 Å². The standard InChI is InChI=1S/C18H18ClF3N2O4S/c1-11-4-7-13(8-5-11)29(27,28)24(3)12-6-9-15(14(19)10-12)23-16(25)17(2,26)18(20,21)22/h4-10,26H,1-3H3,(H,23,25)/t17-/m1/s1. The maximum absolute atomic E-state index is 12.8. The predicted octanol–water partition coefficient (Wildman–Crippen LogP) is 3.73. The van der Waals surface area contributed by atoms with E-state index < -0.39 is 27.7 Å². The van der Waals surface area contributed by atoms with E-state index in [9.17, 15) is 31.5 Å². The van der Waals surface area contributed by atoms with E-state index in [1.54, 1.807) is 12.1 Å². The first-order valence-corrected chi connectivity index (χ1v) is 9.95. The summed E-state index contributed by atoms with van der Waals surface area (Å²) in [6.45, 7) is 2.12. The first kappa shape index (κ1) is 23.0. The minimum absolute atomic E-state index is 0.0420. The second kappa shape index (κ2) is 7.85. The number of anilines is 2. The molecule has 0 aliphatic carbocycles. The zero-order valence-electron chi connectivity index (χ0n) is 15.6. The minimum Gasteiger partial charge on any atom is -0.373 e. The van der Waals surface area contributed by atoms with Crippen LogP contribution in [0, 0.1) is 6.92 Å². The lowest BCUT2D eigenvalue weighted by Gasteiger charge is -2.25. The van der Waals surface area contributed by atoms with Gasteiger partial charge in [-0.2, -0.15) is 13.2 Å². The van der Waals surface area contributed by atoms with Gasteiger partial charge in [-0.3, -0.25) is 9.10 Å². The number of nitrogens with zero attached hydrogens (tertiary/aromatic N) is 1. The second-order valence-electron chi connectivity index (χ2n) is 6.47.